The number of anilines is 1. The van der Waals surface area contributed by atoms with Crippen LogP contribution in [-0.2, 0) is 0 Å². The number of nitrogens with zero attached hydrogens (tertiary/aromatic N) is 2. The first-order valence-electron chi connectivity index (χ1n) is 6.43. The van der Waals surface area contributed by atoms with Crippen LogP contribution in [0.15, 0.2) is 18.2 Å². The van der Waals surface area contributed by atoms with Crippen molar-refractivity contribution in [1.82, 2.24) is 4.90 Å². The van der Waals surface area contributed by atoms with Crippen molar-refractivity contribution in [2.24, 2.45) is 0 Å². The van der Waals surface area contributed by atoms with E-state index in [9.17, 15) is 9.90 Å². The van der Waals surface area contributed by atoms with Crippen molar-refractivity contribution in [2.75, 3.05) is 32.1 Å². The third kappa shape index (κ3) is 3.19. The van der Waals surface area contributed by atoms with Gasteiger partial charge in [0.1, 0.15) is 0 Å². The molecule has 0 radical (unpaired) electrons. The number of carboxylic acid groups (broad SMARTS) is 1. The van der Waals surface area contributed by atoms with Crippen molar-refractivity contribution < 1.29 is 9.90 Å². The summed E-state index contributed by atoms with van der Waals surface area (Å²) in [6.07, 6.45) is 2.08. The van der Waals surface area contributed by atoms with Crippen LogP contribution >= 0.6 is 11.6 Å². The highest BCUT2D eigenvalue weighted by molar-refractivity contribution is 6.31. The van der Waals surface area contributed by atoms with Crippen LogP contribution in [0.25, 0.3) is 0 Å². The molecule has 19 heavy (non-hydrogen) atoms. The predicted molar refractivity (Wildman–Crippen MR) is 77.3 cm³/mol. The molecule has 1 heterocycles. The molecule has 4 nitrogen and oxygen atoms in total. The second kappa shape index (κ2) is 5.80. The van der Waals surface area contributed by atoms with E-state index in [1.165, 1.54) is 0 Å². The van der Waals surface area contributed by atoms with Crippen molar-refractivity contribution in [3.8, 4) is 0 Å². The molecule has 1 N–H and O–H groups in total. The lowest BCUT2D eigenvalue weighted by atomic mass is 10.0. The molecular formula is C14H19ClN2O2. The quantitative estimate of drug-likeness (QED) is 0.925. The maximum Gasteiger partial charge on any atom is 0.337 e. The summed E-state index contributed by atoms with van der Waals surface area (Å²) in [5.74, 6) is -0.911. The van der Waals surface area contributed by atoms with Gasteiger partial charge in [0.15, 0.2) is 0 Å². The van der Waals surface area contributed by atoms with Gasteiger partial charge in [-0.25, -0.2) is 4.79 Å². The van der Waals surface area contributed by atoms with E-state index in [1.54, 1.807) is 18.2 Å². The van der Waals surface area contributed by atoms with Crippen molar-refractivity contribution in [1.29, 1.82) is 0 Å². The van der Waals surface area contributed by atoms with Crippen molar-refractivity contribution in [3.05, 3.63) is 28.8 Å². The van der Waals surface area contributed by atoms with Crippen LogP contribution in [0, 0.1) is 0 Å². The van der Waals surface area contributed by atoms with Crippen molar-refractivity contribution in [2.45, 2.75) is 18.9 Å². The molecule has 0 spiro atoms. The lowest BCUT2D eigenvalue weighted by Crippen LogP contribution is -2.42. The number of benzene rings is 1. The molecule has 0 atom stereocenters. The molecule has 2 rings (SSSR count). The second-order valence-corrected chi connectivity index (χ2v) is 5.55. The van der Waals surface area contributed by atoms with Crippen molar-refractivity contribution in [3.63, 3.8) is 0 Å². The Morgan fingerprint density at radius 2 is 2.05 bits per heavy atom. The molecule has 1 aliphatic rings. The van der Waals surface area contributed by atoms with E-state index in [-0.39, 0.29) is 0 Å². The highest BCUT2D eigenvalue weighted by atomic mass is 35.5. The summed E-state index contributed by atoms with van der Waals surface area (Å²) in [6, 6.07) is 5.30. The minimum atomic E-state index is -0.911. The zero-order valence-corrected chi connectivity index (χ0v) is 12.0. The average Bonchev–Trinajstić information content (AvgIpc) is 2.38. The molecule has 0 aliphatic carbocycles. The van der Waals surface area contributed by atoms with E-state index >= 15 is 0 Å². The molecule has 0 bridgehead atoms. The van der Waals surface area contributed by atoms with Gasteiger partial charge in [0.05, 0.1) is 11.3 Å². The SMILES string of the molecule is CN1CCC(N(C)c2cc(Cl)ccc2C(=O)O)CC1. The molecular weight excluding hydrogens is 264 g/mol. The first-order chi connectivity index (χ1) is 8.99. The molecule has 0 amide bonds. The van der Waals surface area contributed by atoms with Gasteiger partial charge >= 0.3 is 5.97 Å². The Kier molecular flexibility index (Phi) is 4.32. The zero-order valence-electron chi connectivity index (χ0n) is 11.3. The maximum atomic E-state index is 11.3. The molecule has 0 saturated carbocycles. The highest BCUT2D eigenvalue weighted by Gasteiger charge is 2.23. The minimum Gasteiger partial charge on any atom is -0.478 e. The van der Waals surface area contributed by atoms with Crippen LogP contribution in [0.2, 0.25) is 5.02 Å². The van der Waals surface area contributed by atoms with Crippen molar-refractivity contribution >= 4 is 23.3 Å². The molecule has 104 valence electrons. The molecule has 1 aliphatic heterocycles. The summed E-state index contributed by atoms with van der Waals surface area (Å²) in [6.45, 7) is 2.08. The van der Waals surface area contributed by atoms with Gasteiger partial charge in [-0.3, -0.25) is 0 Å². The molecule has 0 aromatic heterocycles. The monoisotopic (exact) mass is 282 g/mol. The van der Waals surface area contributed by atoms with E-state index in [2.05, 4.69) is 16.8 Å². The first kappa shape index (κ1) is 14.2. The number of rotatable bonds is 3. The van der Waals surface area contributed by atoms with Crippen LogP contribution in [-0.4, -0.2) is 49.2 Å². The molecule has 1 aromatic carbocycles. The number of carbonyl (C=O) groups is 1. The predicted octanol–water partition coefficient (Wildman–Crippen LogP) is 2.57. The topological polar surface area (TPSA) is 43.8 Å². The van der Waals surface area contributed by atoms with Gasteiger partial charge in [-0.05, 0) is 51.2 Å². The Balaban J connectivity index is 2.25. The maximum absolute atomic E-state index is 11.3. The smallest absolute Gasteiger partial charge is 0.337 e. The summed E-state index contributed by atoms with van der Waals surface area (Å²) in [7, 11) is 4.06. The fraction of sp³-hybridized carbons (Fsp3) is 0.500. The van der Waals surface area contributed by atoms with E-state index in [0.29, 0.717) is 22.3 Å². The summed E-state index contributed by atoms with van der Waals surface area (Å²) < 4.78 is 0. The zero-order chi connectivity index (χ0) is 14.0. The summed E-state index contributed by atoms with van der Waals surface area (Å²) in [5, 5.41) is 9.84. The number of likely N-dealkylation sites (tertiary alicyclic amines) is 1. The Hall–Kier alpha value is -1.26. The Bertz CT molecular complexity index is 471. The van der Waals surface area contributed by atoms with Crippen LogP contribution < -0.4 is 4.90 Å². The van der Waals surface area contributed by atoms with E-state index < -0.39 is 5.97 Å². The fourth-order valence-electron chi connectivity index (χ4n) is 2.56. The highest BCUT2D eigenvalue weighted by Crippen LogP contribution is 2.28. The average molecular weight is 283 g/mol. The minimum absolute atomic E-state index is 0.311. The van der Waals surface area contributed by atoms with Crippen LogP contribution in [0.4, 0.5) is 5.69 Å². The van der Waals surface area contributed by atoms with Crippen LogP contribution in [0.1, 0.15) is 23.2 Å². The molecule has 1 fully saturated rings. The lowest BCUT2D eigenvalue weighted by molar-refractivity contribution is 0.0697. The van der Waals surface area contributed by atoms with Gasteiger partial charge in [0.25, 0.3) is 0 Å². The van der Waals surface area contributed by atoms with Gasteiger partial charge < -0.3 is 14.9 Å². The summed E-state index contributed by atoms with van der Waals surface area (Å²) in [4.78, 5) is 15.6. The number of hydrogen-bond acceptors (Lipinski definition) is 3. The van der Waals surface area contributed by atoms with E-state index in [1.807, 2.05) is 7.05 Å². The number of halogens is 1. The Morgan fingerprint density at radius 1 is 1.42 bits per heavy atom. The molecule has 0 unspecified atom stereocenters. The Labute approximate surface area is 118 Å². The first-order valence-corrected chi connectivity index (χ1v) is 6.81. The fourth-order valence-corrected chi connectivity index (χ4v) is 2.72. The van der Waals surface area contributed by atoms with E-state index in [0.717, 1.165) is 25.9 Å². The number of hydrogen-bond donors (Lipinski definition) is 1. The third-order valence-corrected chi connectivity index (χ3v) is 4.04. The standard InChI is InChI=1S/C14H19ClN2O2/c1-16-7-5-11(6-8-16)17(2)13-9-10(15)3-4-12(13)14(18)19/h3-4,9,11H,5-8H2,1-2H3,(H,18,19). The normalized spacial score (nSPS) is 17.4. The largest absolute Gasteiger partial charge is 0.478 e. The molecule has 5 heteroatoms. The van der Waals surface area contributed by atoms with Crippen LogP contribution in [0.3, 0.4) is 0 Å². The van der Waals surface area contributed by atoms with Gasteiger partial charge in [-0.2, -0.15) is 0 Å². The lowest BCUT2D eigenvalue weighted by Gasteiger charge is -2.37. The number of carboxylic acids is 1. The summed E-state index contributed by atoms with van der Waals surface area (Å²) in [5.41, 5.74) is 1.01. The van der Waals surface area contributed by atoms with Crippen LogP contribution in [0.5, 0.6) is 0 Å². The number of aromatic carboxylic acids is 1. The van der Waals surface area contributed by atoms with Gasteiger partial charge in [0, 0.05) is 18.1 Å². The van der Waals surface area contributed by atoms with Gasteiger partial charge in [0.2, 0.25) is 0 Å². The van der Waals surface area contributed by atoms with Gasteiger partial charge in [-0.15, -0.1) is 0 Å². The molecule has 1 aromatic rings. The third-order valence-electron chi connectivity index (χ3n) is 3.81. The van der Waals surface area contributed by atoms with E-state index in [4.69, 9.17) is 11.6 Å². The second-order valence-electron chi connectivity index (χ2n) is 5.11. The Morgan fingerprint density at radius 3 is 2.63 bits per heavy atom. The molecule has 1 saturated heterocycles. The summed E-state index contributed by atoms with van der Waals surface area (Å²) >= 11 is 6.00. The van der Waals surface area contributed by atoms with Gasteiger partial charge in [-0.1, -0.05) is 11.6 Å². The number of piperidine rings is 1.